The summed E-state index contributed by atoms with van der Waals surface area (Å²) >= 11 is 11.8. The van der Waals surface area contributed by atoms with Gasteiger partial charge in [0.25, 0.3) is 5.91 Å². The number of amides is 1. The van der Waals surface area contributed by atoms with Gasteiger partial charge in [0.05, 0.1) is 15.7 Å². The molecule has 1 amide bonds. The molecule has 1 aromatic carbocycles. The van der Waals surface area contributed by atoms with Gasteiger partial charge in [0, 0.05) is 0 Å². The van der Waals surface area contributed by atoms with Crippen LogP contribution in [-0.4, -0.2) is 18.5 Å². The second-order valence-electron chi connectivity index (χ2n) is 4.13. The average Bonchev–Trinajstić information content (AvgIpc) is 2.87. The van der Waals surface area contributed by atoms with Crippen LogP contribution in [0.15, 0.2) is 34.7 Å². The van der Waals surface area contributed by atoms with E-state index in [4.69, 9.17) is 32.4 Å². The molecule has 7 heteroatoms. The summed E-state index contributed by atoms with van der Waals surface area (Å²) in [6.07, 6.45) is 0. The first-order chi connectivity index (χ1) is 9.97. The second-order valence-corrected chi connectivity index (χ2v) is 4.95. The zero-order valence-corrected chi connectivity index (χ0v) is 12.5. The molecular formula is C14H11Cl2NO4. The summed E-state index contributed by atoms with van der Waals surface area (Å²) in [7, 11) is 0. The lowest BCUT2D eigenvalue weighted by atomic mass is 10.3. The Balaban J connectivity index is 1.92. The van der Waals surface area contributed by atoms with Gasteiger partial charge >= 0.3 is 5.97 Å². The third-order valence-electron chi connectivity index (χ3n) is 2.50. The molecule has 0 spiro atoms. The largest absolute Gasteiger partial charge is 0.454 e. The van der Waals surface area contributed by atoms with Gasteiger partial charge in [-0.3, -0.25) is 4.79 Å². The standard InChI is InChI=1S/C14H11Cl2NO4/c1-8-5-6-11(21-8)14(19)20-7-12(18)17-13-9(15)3-2-4-10(13)16/h2-6H,7H2,1H3,(H,17,18). The van der Waals surface area contributed by atoms with E-state index in [-0.39, 0.29) is 11.4 Å². The van der Waals surface area contributed by atoms with Crippen LogP contribution in [0.25, 0.3) is 0 Å². The number of carbonyl (C=O) groups is 2. The molecule has 0 aliphatic heterocycles. The van der Waals surface area contributed by atoms with Crippen LogP contribution in [0.3, 0.4) is 0 Å². The van der Waals surface area contributed by atoms with Crippen molar-refractivity contribution in [3.8, 4) is 0 Å². The van der Waals surface area contributed by atoms with Gasteiger partial charge in [-0.25, -0.2) is 4.79 Å². The topological polar surface area (TPSA) is 68.5 Å². The zero-order valence-electron chi connectivity index (χ0n) is 11.0. The van der Waals surface area contributed by atoms with Gasteiger partial charge in [-0.15, -0.1) is 0 Å². The summed E-state index contributed by atoms with van der Waals surface area (Å²) in [5, 5.41) is 3.07. The number of halogens is 2. The minimum Gasteiger partial charge on any atom is -0.454 e. The van der Waals surface area contributed by atoms with Crippen molar-refractivity contribution in [1.82, 2.24) is 0 Å². The smallest absolute Gasteiger partial charge is 0.374 e. The highest BCUT2D eigenvalue weighted by molar-refractivity contribution is 6.39. The van der Waals surface area contributed by atoms with Gasteiger partial charge < -0.3 is 14.5 Å². The fourth-order valence-corrected chi connectivity index (χ4v) is 2.03. The maximum Gasteiger partial charge on any atom is 0.374 e. The van der Waals surface area contributed by atoms with Crippen molar-refractivity contribution in [1.29, 1.82) is 0 Å². The third-order valence-corrected chi connectivity index (χ3v) is 3.13. The monoisotopic (exact) mass is 327 g/mol. The van der Waals surface area contributed by atoms with Crippen LogP contribution in [0.2, 0.25) is 10.0 Å². The molecule has 2 rings (SSSR count). The molecule has 1 aromatic heterocycles. The number of anilines is 1. The number of nitrogens with one attached hydrogen (secondary N) is 1. The minimum absolute atomic E-state index is 0.0380. The van der Waals surface area contributed by atoms with E-state index in [0.29, 0.717) is 15.8 Å². The first-order valence-electron chi connectivity index (χ1n) is 5.95. The molecule has 21 heavy (non-hydrogen) atoms. The van der Waals surface area contributed by atoms with E-state index in [1.807, 2.05) is 0 Å². The number of rotatable bonds is 4. The predicted octanol–water partition coefficient (Wildman–Crippen LogP) is 3.69. The molecule has 0 aliphatic carbocycles. The van der Waals surface area contributed by atoms with Gasteiger partial charge in [-0.2, -0.15) is 0 Å². The summed E-state index contributed by atoms with van der Waals surface area (Å²) in [6, 6.07) is 7.92. The molecule has 1 heterocycles. The normalized spacial score (nSPS) is 10.2. The van der Waals surface area contributed by atoms with Crippen molar-refractivity contribution in [2.75, 3.05) is 11.9 Å². The number of hydrogen-bond acceptors (Lipinski definition) is 4. The Morgan fingerprint density at radius 2 is 1.86 bits per heavy atom. The van der Waals surface area contributed by atoms with Gasteiger partial charge in [-0.1, -0.05) is 29.3 Å². The lowest BCUT2D eigenvalue weighted by molar-refractivity contribution is -0.119. The molecule has 5 nitrogen and oxygen atoms in total. The Bertz CT molecular complexity index is 661. The molecule has 0 fully saturated rings. The van der Waals surface area contributed by atoms with Crippen LogP contribution in [0.4, 0.5) is 5.69 Å². The summed E-state index contributed by atoms with van der Waals surface area (Å²) in [4.78, 5) is 23.3. The molecule has 2 aromatic rings. The lowest BCUT2D eigenvalue weighted by Gasteiger charge is -2.09. The van der Waals surface area contributed by atoms with Crippen molar-refractivity contribution in [2.45, 2.75) is 6.92 Å². The van der Waals surface area contributed by atoms with Crippen molar-refractivity contribution >= 4 is 40.8 Å². The molecule has 0 bridgehead atoms. The van der Waals surface area contributed by atoms with E-state index in [1.165, 1.54) is 6.07 Å². The van der Waals surface area contributed by atoms with Gasteiger partial charge in [0.15, 0.2) is 6.61 Å². The van der Waals surface area contributed by atoms with Crippen molar-refractivity contribution < 1.29 is 18.7 Å². The number of esters is 1. The maximum atomic E-state index is 11.7. The van der Waals surface area contributed by atoms with Gasteiger partial charge in [0.1, 0.15) is 5.76 Å². The number of hydrogen-bond donors (Lipinski definition) is 1. The maximum absolute atomic E-state index is 11.7. The van der Waals surface area contributed by atoms with E-state index >= 15 is 0 Å². The van der Waals surface area contributed by atoms with E-state index < -0.39 is 18.5 Å². The summed E-state index contributed by atoms with van der Waals surface area (Å²) in [6.45, 7) is 1.23. The van der Waals surface area contributed by atoms with Gasteiger partial charge in [-0.05, 0) is 31.2 Å². The molecule has 0 radical (unpaired) electrons. The molecule has 0 atom stereocenters. The van der Waals surface area contributed by atoms with Crippen molar-refractivity contribution in [3.05, 3.63) is 51.9 Å². The predicted molar refractivity (Wildman–Crippen MR) is 78.8 cm³/mol. The quantitative estimate of drug-likeness (QED) is 0.869. The van der Waals surface area contributed by atoms with Crippen LogP contribution >= 0.6 is 23.2 Å². The number of benzene rings is 1. The van der Waals surface area contributed by atoms with E-state index in [1.54, 1.807) is 31.2 Å². The Hall–Kier alpha value is -1.98. The van der Waals surface area contributed by atoms with Gasteiger partial charge in [0.2, 0.25) is 5.76 Å². The molecular weight excluding hydrogens is 317 g/mol. The Labute approximate surface area is 130 Å². The Morgan fingerprint density at radius 3 is 2.43 bits per heavy atom. The fourth-order valence-electron chi connectivity index (χ4n) is 1.54. The van der Waals surface area contributed by atoms with Crippen LogP contribution in [-0.2, 0) is 9.53 Å². The second kappa shape index (κ2) is 6.65. The number of para-hydroxylation sites is 1. The van der Waals surface area contributed by atoms with Crippen LogP contribution in [0, 0.1) is 6.92 Å². The van der Waals surface area contributed by atoms with E-state index in [0.717, 1.165) is 0 Å². The SMILES string of the molecule is Cc1ccc(C(=O)OCC(=O)Nc2c(Cl)cccc2Cl)o1. The van der Waals surface area contributed by atoms with Crippen molar-refractivity contribution in [2.24, 2.45) is 0 Å². The number of furan rings is 1. The Kier molecular flexibility index (Phi) is 4.88. The van der Waals surface area contributed by atoms with Crippen LogP contribution in [0.5, 0.6) is 0 Å². The lowest BCUT2D eigenvalue weighted by Crippen LogP contribution is -2.21. The first kappa shape index (κ1) is 15.4. The highest BCUT2D eigenvalue weighted by Gasteiger charge is 2.15. The molecule has 110 valence electrons. The molecule has 0 saturated carbocycles. The highest BCUT2D eigenvalue weighted by Crippen LogP contribution is 2.29. The number of aryl methyl sites for hydroxylation is 1. The summed E-state index contributed by atoms with van der Waals surface area (Å²) < 4.78 is 9.91. The molecule has 0 saturated heterocycles. The molecule has 0 unspecified atom stereocenters. The minimum atomic E-state index is -0.719. The number of ether oxygens (including phenoxy) is 1. The summed E-state index contributed by atoms with van der Waals surface area (Å²) in [5.41, 5.74) is 0.274. The first-order valence-corrected chi connectivity index (χ1v) is 6.70. The van der Waals surface area contributed by atoms with Crippen LogP contribution < -0.4 is 5.32 Å². The third kappa shape index (κ3) is 4.00. The van der Waals surface area contributed by atoms with E-state index in [9.17, 15) is 9.59 Å². The van der Waals surface area contributed by atoms with Crippen LogP contribution in [0.1, 0.15) is 16.3 Å². The van der Waals surface area contributed by atoms with E-state index in [2.05, 4.69) is 5.32 Å². The highest BCUT2D eigenvalue weighted by atomic mass is 35.5. The zero-order chi connectivity index (χ0) is 15.4. The molecule has 0 aliphatic rings. The Morgan fingerprint density at radius 1 is 1.19 bits per heavy atom. The fraction of sp³-hybridized carbons (Fsp3) is 0.143. The average molecular weight is 328 g/mol. The number of carbonyl (C=O) groups excluding carboxylic acids is 2. The summed E-state index contributed by atoms with van der Waals surface area (Å²) in [5.74, 6) is -0.657. The van der Waals surface area contributed by atoms with Crippen molar-refractivity contribution in [3.63, 3.8) is 0 Å². The molecule has 1 N–H and O–H groups in total.